The molecule has 2 aliphatic rings. The molecule has 3 rings (SSSR count). The average molecular weight is 342 g/mol. The highest BCUT2D eigenvalue weighted by atomic mass is 32.2. The van der Waals surface area contributed by atoms with E-state index in [4.69, 9.17) is 4.52 Å². The number of likely N-dealkylation sites (tertiary alicyclic amines) is 1. The van der Waals surface area contributed by atoms with Crippen molar-refractivity contribution < 1.29 is 17.7 Å². The normalized spacial score (nSPS) is 27.3. The van der Waals surface area contributed by atoms with Crippen LogP contribution in [-0.4, -0.2) is 60.0 Å². The van der Waals surface area contributed by atoms with Gasteiger partial charge in [-0.25, -0.2) is 8.42 Å². The van der Waals surface area contributed by atoms with Crippen molar-refractivity contribution in [2.75, 3.05) is 24.6 Å². The van der Waals surface area contributed by atoms with Crippen molar-refractivity contribution in [3.05, 3.63) is 11.7 Å². The van der Waals surface area contributed by atoms with Crippen LogP contribution in [0, 0.1) is 0 Å². The molecule has 1 aromatic heterocycles. The summed E-state index contributed by atoms with van der Waals surface area (Å²) < 4.78 is 28.0. The van der Waals surface area contributed by atoms with Gasteiger partial charge in [0.25, 0.3) is 0 Å². The van der Waals surface area contributed by atoms with Gasteiger partial charge in [0.15, 0.2) is 15.7 Å². The molecule has 23 heavy (non-hydrogen) atoms. The monoisotopic (exact) mass is 342 g/mol. The van der Waals surface area contributed by atoms with Crippen LogP contribution in [0.2, 0.25) is 0 Å². The summed E-state index contributed by atoms with van der Waals surface area (Å²) in [7, 11) is -2.98. The highest BCUT2D eigenvalue weighted by Gasteiger charge is 2.33. The molecule has 0 aliphatic carbocycles. The van der Waals surface area contributed by atoms with Crippen LogP contribution < -0.4 is 5.32 Å². The summed E-state index contributed by atoms with van der Waals surface area (Å²) in [6.45, 7) is 2.99. The molecule has 9 heteroatoms. The van der Waals surface area contributed by atoms with E-state index in [1.807, 2.05) is 11.8 Å². The number of hydrogen-bond donors (Lipinski definition) is 1. The van der Waals surface area contributed by atoms with Gasteiger partial charge in [0.05, 0.1) is 24.1 Å². The molecule has 1 amide bonds. The first-order valence-corrected chi connectivity index (χ1v) is 9.85. The number of nitrogens with zero attached hydrogens (tertiary/aromatic N) is 3. The van der Waals surface area contributed by atoms with E-state index in [0.29, 0.717) is 24.6 Å². The first-order chi connectivity index (χ1) is 11.0. The first-order valence-electron chi connectivity index (χ1n) is 8.03. The van der Waals surface area contributed by atoms with Crippen LogP contribution in [0.5, 0.6) is 0 Å². The Kier molecular flexibility index (Phi) is 4.67. The lowest BCUT2D eigenvalue weighted by molar-refractivity contribution is -0.123. The Hall–Kier alpha value is -1.48. The number of aromatic nitrogens is 2. The van der Waals surface area contributed by atoms with Gasteiger partial charge in [-0.1, -0.05) is 12.1 Å². The maximum atomic E-state index is 12.2. The molecule has 0 radical (unpaired) electrons. The summed E-state index contributed by atoms with van der Waals surface area (Å²) in [6, 6.07) is -0.262. The summed E-state index contributed by atoms with van der Waals surface area (Å²) in [6.07, 6.45) is 3.07. The predicted molar refractivity (Wildman–Crippen MR) is 82.4 cm³/mol. The van der Waals surface area contributed by atoms with Crippen LogP contribution >= 0.6 is 0 Å². The Bertz CT molecular complexity index is 672. The largest absolute Gasteiger partial charge is 0.351 e. The van der Waals surface area contributed by atoms with Crippen molar-refractivity contribution in [2.45, 2.75) is 44.7 Å². The van der Waals surface area contributed by atoms with Crippen molar-refractivity contribution in [3.63, 3.8) is 0 Å². The maximum absolute atomic E-state index is 12.2. The minimum absolute atomic E-state index is 0.00268. The molecule has 128 valence electrons. The Morgan fingerprint density at radius 1 is 1.43 bits per heavy atom. The molecule has 0 unspecified atom stereocenters. The Morgan fingerprint density at radius 2 is 2.26 bits per heavy atom. The highest BCUT2D eigenvalue weighted by molar-refractivity contribution is 7.91. The maximum Gasteiger partial charge on any atom is 0.234 e. The Balaban J connectivity index is 1.57. The van der Waals surface area contributed by atoms with Gasteiger partial charge in [-0.2, -0.15) is 4.98 Å². The number of nitrogens with one attached hydrogen (secondary N) is 1. The standard InChI is InChI=1S/C14H22N4O4S/c1-2-13-16-14(17-22-13)11-4-3-6-18(11)8-12(19)15-10-5-7-23(20,21)9-10/h10-11H,2-9H2,1H3,(H,15,19)/t10-,11+/m1/s1. The lowest BCUT2D eigenvalue weighted by Gasteiger charge is -2.22. The van der Waals surface area contributed by atoms with Crippen LogP contribution in [0.1, 0.15) is 43.9 Å². The topological polar surface area (TPSA) is 105 Å². The molecule has 0 aromatic carbocycles. The van der Waals surface area contributed by atoms with Gasteiger partial charge < -0.3 is 9.84 Å². The molecule has 1 aromatic rings. The quantitative estimate of drug-likeness (QED) is 0.807. The minimum atomic E-state index is -2.98. The number of sulfone groups is 1. The van der Waals surface area contributed by atoms with E-state index in [-0.39, 0.29) is 36.0 Å². The van der Waals surface area contributed by atoms with Gasteiger partial charge in [0.2, 0.25) is 11.8 Å². The fourth-order valence-electron chi connectivity index (χ4n) is 3.22. The second-order valence-electron chi connectivity index (χ2n) is 6.20. The molecule has 2 fully saturated rings. The molecule has 0 bridgehead atoms. The number of hydrogen-bond acceptors (Lipinski definition) is 7. The Labute approximate surface area is 135 Å². The third-order valence-corrected chi connectivity index (χ3v) is 6.16. The van der Waals surface area contributed by atoms with E-state index >= 15 is 0 Å². The number of aryl methyl sites for hydroxylation is 1. The first kappa shape index (κ1) is 16.4. The van der Waals surface area contributed by atoms with Crippen molar-refractivity contribution >= 4 is 15.7 Å². The van der Waals surface area contributed by atoms with Gasteiger partial charge in [-0.05, 0) is 25.8 Å². The van der Waals surface area contributed by atoms with Crippen molar-refractivity contribution in [3.8, 4) is 0 Å². The van der Waals surface area contributed by atoms with Gasteiger partial charge in [-0.3, -0.25) is 9.69 Å². The Morgan fingerprint density at radius 3 is 2.91 bits per heavy atom. The molecule has 0 saturated carbocycles. The molecular weight excluding hydrogens is 320 g/mol. The van der Waals surface area contributed by atoms with Crippen molar-refractivity contribution in [1.82, 2.24) is 20.4 Å². The van der Waals surface area contributed by atoms with Gasteiger partial charge in [0, 0.05) is 12.5 Å². The fourth-order valence-corrected chi connectivity index (χ4v) is 4.89. The summed E-state index contributed by atoms with van der Waals surface area (Å²) in [5.41, 5.74) is 0. The SMILES string of the molecule is CCc1nc([C@@H]2CCCN2CC(=O)N[C@@H]2CCS(=O)(=O)C2)no1. The molecule has 8 nitrogen and oxygen atoms in total. The summed E-state index contributed by atoms with van der Waals surface area (Å²) >= 11 is 0. The second-order valence-corrected chi connectivity index (χ2v) is 8.42. The highest BCUT2D eigenvalue weighted by Crippen LogP contribution is 2.29. The third-order valence-electron chi connectivity index (χ3n) is 4.39. The van der Waals surface area contributed by atoms with E-state index in [0.717, 1.165) is 19.4 Å². The van der Waals surface area contributed by atoms with Gasteiger partial charge in [-0.15, -0.1) is 0 Å². The van der Waals surface area contributed by atoms with E-state index in [1.54, 1.807) is 0 Å². The van der Waals surface area contributed by atoms with Crippen LogP contribution in [0.15, 0.2) is 4.52 Å². The van der Waals surface area contributed by atoms with Crippen LogP contribution in [0.3, 0.4) is 0 Å². The molecule has 0 spiro atoms. The molecule has 3 heterocycles. The average Bonchev–Trinajstić information content (AvgIpc) is 3.18. The zero-order valence-electron chi connectivity index (χ0n) is 13.2. The summed E-state index contributed by atoms with van der Waals surface area (Å²) in [5.74, 6) is 1.31. The smallest absolute Gasteiger partial charge is 0.234 e. The summed E-state index contributed by atoms with van der Waals surface area (Å²) in [4.78, 5) is 18.6. The number of rotatable bonds is 5. The van der Waals surface area contributed by atoms with E-state index in [1.165, 1.54) is 0 Å². The second kappa shape index (κ2) is 6.56. The van der Waals surface area contributed by atoms with Crippen LogP contribution in [0.4, 0.5) is 0 Å². The lowest BCUT2D eigenvalue weighted by atomic mass is 10.2. The van der Waals surface area contributed by atoms with Gasteiger partial charge in [0.1, 0.15) is 0 Å². The molecule has 2 atom stereocenters. The predicted octanol–water partition coefficient (Wildman–Crippen LogP) is 0.0722. The van der Waals surface area contributed by atoms with Crippen LogP contribution in [-0.2, 0) is 21.1 Å². The molecule has 1 N–H and O–H groups in total. The van der Waals surface area contributed by atoms with Gasteiger partial charge >= 0.3 is 0 Å². The lowest BCUT2D eigenvalue weighted by Crippen LogP contribution is -2.42. The molecule has 2 saturated heterocycles. The van der Waals surface area contributed by atoms with E-state index in [2.05, 4.69) is 15.5 Å². The minimum Gasteiger partial charge on any atom is -0.351 e. The number of amides is 1. The fraction of sp³-hybridized carbons (Fsp3) is 0.786. The van der Waals surface area contributed by atoms with E-state index in [9.17, 15) is 13.2 Å². The van der Waals surface area contributed by atoms with Crippen molar-refractivity contribution in [1.29, 1.82) is 0 Å². The summed E-state index contributed by atoms with van der Waals surface area (Å²) in [5, 5.41) is 6.84. The van der Waals surface area contributed by atoms with Crippen molar-refractivity contribution in [2.24, 2.45) is 0 Å². The third kappa shape index (κ3) is 3.89. The molecule has 2 aliphatic heterocycles. The number of carbonyl (C=O) groups is 1. The zero-order valence-corrected chi connectivity index (χ0v) is 14.0. The number of carbonyl (C=O) groups excluding carboxylic acids is 1. The zero-order chi connectivity index (χ0) is 16.4. The van der Waals surface area contributed by atoms with E-state index < -0.39 is 9.84 Å². The van der Waals surface area contributed by atoms with Crippen LogP contribution in [0.25, 0.3) is 0 Å². The molecular formula is C14H22N4O4S.